The molecule has 0 spiro atoms. The largest absolute Gasteiger partial charge is 0.805 e. The normalized spacial score (nSPS) is 11.7. The Morgan fingerprint density at radius 2 is 2.04 bits per heavy atom. The number of carbonyl (C=O) groups excluding carboxylic acids is 1. The number of hydrogen-bond donors (Lipinski definition) is 0. The van der Waals surface area contributed by atoms with Gasteiger partial charge in [-0.1, -0.05) is 6.07 Å². The fourth-order valence-electron chi connectivity index (χ4n) is 2.37. The van der Waals surface area contributed by atoms with E-state index < -0.39 is 39.1 Å². The van der Waals surface area contributed by atoms with Gasteiger partial charge in [0.1, 0.15) is 11.3 Å². The molecule has 0 radical (unpaired) electrons. The van der Waals surface area contributed by atoms with Crippen LogP contribution in [0.5, 0.6) is 5.75 Å². The van der Waals surface area contributed by atoms with E-state index in [1.807, 2.05) is 0 Å². The molecular weight excluding hydrogens is 361 g/mol. The molecule has 2 heterocycles. The van der Waals surface area contributed by atoms with Crippen LogP contribution >= 0.6 is 11.3 Å². The van der Waals surface area contributed by atoms with Gasteiger partial charge in [-0.15, -0.1) is 11.3 Å². The van der Waals surface area contributed by atoms with E-state index in [0.29, 0.717) is 0 Å². The van der Waals surface area contributed by atoms with Crippen molar-refractivity contribution in [2.75, 3.05) is 7.11 Å². The van der Waals surface area contributed by atoms with E-state index in [0.717, 1.165) is 23.5 Å². The summed E-state index contributed by atoms with van der Waals surface area (Å²) in [4.78, 5) is 24.9. The predicted octanol–water partition coefficient (Wildman–Crippen LogP) is 3.22. The van der Waals surface area contributed by atoms with Gasteiger partial charge in [-0.2, -0.15) is 13.2 Å². The van der Waals surface area contributed by atoms with Gasteiger partial charge >= 0.3 is 11.9 Å². The maximum Gasteiger partial charge on any atom is 0.438 e. The lowest BCUT2D eigenvalue weighted by Crippen LogP contribution is -2.34. The minimum Gasteiger partial charge on any atom is -0.805 e. The number of methoxy groups -OCH3 is 1. The molecule has 3 rings (SSSR count). The van der Waals surface area contributed by atoms with E-state index in [-0.39, 0.29) is 15.1 Å². The monoisotopic (exact) mass is 370 g/mol. The first-order valence-electron chi connectivity index (χ1n) is 6.78. The third kappa shape index (κ3) is 2.74. The van der Waals surface area contributed by atoms with Crippen molar-refractivity contribution in [3.63, 3.8) is 0 Å². The maximum atomic E-state index is 13.4. The van der Waals surface area contributed by atoms with Crippen LogP contribution in [0, 0.1) is 10.1 Å². The highest BCUT2D eigenvalue weighted by molar-refractivity contribution is 7.12. The number of hydrogen-bond acceptors (Lipinski definition) is 5. The van der Waals surface area contributed by atoms with E-state index in [9.17, 15) is 28.1 Å². The van der Waals surface area contributed by atoms with Crippen LogP contribution in [0.25, 0.3) is 11.0 Å². The van der Waals surface area contributed by atoms with Crippen molar-refractivity contribution in [2.24, 2.45) is 0 Å². The molecule has 0 saturated heterocycles. The zero-order chi connectivity index (χ0) is 18.4. The lowest BCUT2D eigenvalue weighted by molar-refractivity contribution is -0.470. The van der Waals surface area contributed by atoms with E-state index in [2.05, 4.69) is 0 Å². The highest BCUT2D eigenvalue weighted by Crippen LogP contribution is 2.34. The van der Waals surface area contributed by atoms with Crippen LogP contribution in [0.1, 0.15) is 21.1 Å². The number of benzene rings is 1. The number of ether oxygens (including phenoxy) is 1. The van der Waals surface area contributed by atoms with Crippen LogP contribution in [0.3, 0.4) is 0 Å². The topological polar surface area (TPSA) is 77.3 Å². The summed E-state index contributed by atoms with van der Waals surface area (Å²) in [5.74, 6) is -1.02. The second-order valence-corrected chi connectivity index (χ2v) is 5.89. The lowest BCUT2D eigenvalue weighted by Gasteiger charge is -2.20. The van der Waals surface area contributed by atoms with Crippen LogP contribution in [0.2, 0.25) is 0 Å². The Balaban J connectivity index is 2.46. The van der Waals surface area contributed by atoms with Crippen LogP contribution in [-0.4, -0.2) is 17.6 Å². The Hall–Kier alpha value is -2.88. The fourth-order valence-corrected chi connectivity index (χ4v) is 3.04. The Kier molecular flexibility index (Phi) is 3.99. The van der Waals surface area contributed by atoms with E-state index in [1.54, 1.807) is 0 Å². The molecule has 25 heavy (non-hydrogen) atoms. The standard InChI is InChI=1S/C15H9F3N2O4S/c1-24-8-4-5-9-10(7-8)19(22)12(13(21)11-3-2-6-25-11)14(20(9)23)15(16,17)18/h2-7H,1H3. The summed E-state index contributed by atoms with van der Waals surface area (Å²) in [7, 11) is 1.29. The number of ketones is 1. The Bertz CT molecular complexity index is 1030. The zero-order valence-corrected chi connectivity index (χ0v) is 13.4. The highest BCUT2D eigenvalue weighted by Gasteiger charge is 2.45. The van der Waals surface area contributed by atoms with Gasteiger partial charge in [0, 0.05) is 4.91 Å². The van der Waals surface area contributed by atoms with Crippen molar-refractivity contribution in [1.29, 1.82) is 0 Å². The summed E-state index contributed by atoms with van der Waals surface area (Å²) < 4.78 is 44.6. The fraction of sp³-hybridized carbons (Fsp3) is 0.133. The van der Waals surface area contributed by atoms with Gasteiger partial charge in [-0.05, 0) is 23.6 Å². The average molecular weight is 370 g/mol. The summed E-state index contributed by atoms with van der Waals surface area (Å²) in [6.07, 6.45) is -5.19. The summed E-state index contributed by atoms with van der Waals surface area (Å²) in [6, 6.07) is 6.11. The van der Waals surface area contributed by atoms with E-state index >= 15 is 0 Å². The molecule has 0 fully saturated rings. The van der Waals surface area contributed by atoms with Gasteiger partial charge in [0.15, 0.2) is 0 Å². The molecule has 0 unspecified atom stereocenters. The SMILES string of the molecule is COc1ccc2c(c1)[n+](=O)c(C(=O)c1cccs1)c(C(F)(F)F)n2[O-]. The molecule has 0 N–H and O–H groups in total. The maximum absolute atomic E-state index is 13.4. The number of aromatic nitrogens is 2. The molecule has 0 atom stereocenters. The van der Waals surface area contributed by atoms with E-state index in [4.69, 9.17) is 4.74 Å². The van der Waals surface area contributed by atoms with Crippen LogP contribution in [0.15, 0.2) is 35.7 Å². The minimum atomic E-state index is -5.19. The third-order valence-electron chi connectivity index (χ3n) is 3.48. The van der Waals surface area contributed by atoms with Gasteiger partial charge in [0.25, 0.3) is 11.3 Å². The molecule has 1 aromatic carbocycles. The van der Waals surface area contributed by atoms with Gasteiger partial charge in [0.2, 0.25) is 5.69 Å². The second kappa shape index (κ2) is 5.88. The molecular formula is C15H9F3N2O4S. The summed E-state index contributed by atoms with van der Waals surface area (Å²) in [6.45, 7) is 0. The number of rotatable bonds is 3. The van der Waals surface area contributed by atoms with Gasteiger partial charge in [0.05, 0.1) is 22.5 Å². The lowest BCUT2D eigenvalue weighted by atomic mass is 10.1. The van der Waals surface area contributed by atoms with E-state index in [1.165, 1.54) is 30.7 Å². The Morgan fingerprint density at radius 1 is 1.32 bits per heavy atom. The quantitative estimate of drug-likeness (QED) is 0.524. The van der Waals surface area contributed by atoms with Crippen molar-refractivity contribution < 1.29 is 27.1 Å². The Morgan fingerprint density at radius 3 is 2.60 bits per heavy atom. The summed E-state index contributed by atoms with van der Waals surface area (Å²) in [5.41, 5.74) is -4.04. The molecule has 6 nitrogen and oxygen atoms in total. The third-order valence-corrected chi connectivity index (χ3v) is 4.35. The molecule has 0 saturated carbocycles. The first kappa shape index (κ1) is 17.0. The van der Waals surface area contributed by atoms with Crippen molar-refractivity contribution in [1.82, 2.24) is 4.73 Å². The first-order valence-corrected chi connectivity index (χ1v) is 7.66. The first-order chi connectivity index (χ1) is 11.8. The molecule has 0 amide bonds. The smallest absolute Gasteiger partial charge is 0.438 e. The molecule has 0 bridgehead atoms. The van der Waals surface area contributed by atoms with Crippen molar-refractivity contribution in [3.05, 3.63) is 62.1 Å². The molecule has 3 aromatic rings. The molecule has 2 aromatic heterocycles. The van der Waals surface area contributed by atoms with Crippen molar-refractivity contribution in [3.8, 4) is 5.75 Å². The number of carbonyl (C=O) groups is 1. The van der Waals surface area contributed by atoms with Crippen molar-refractivity contribution >= 4 is 28.2 Å². The van der Waals surface area contributed by atoms with Crippen LogP contribution < -0.4 is 9.16 Å². The van der Waals surface area contributed by atoms with Crippen LogP contribution in [0.4, 0.5) is 13.2 Å². The van der Waals surface area contributed by atoms with Crippen molar-refractivity contribution in [2.45, 2.75) is 6.18 Å². The van der Waals surface area contributed by atoms with Gasteiger partial charge < -0.3 is 14.7 Å². The second-order valence-electron chi connectivity index (χ2n) is 4.94. The van der Waals surface area contributed by atoms with Gasteiger partial charge in [-0.25, -0.2) is 0 Å². The Labute approximate surface area is 141 Å². The molecule has 0 aliphatic heterocycles. The van der Waals surface area contributed by atoms with Gasteiger partial charge in [-0.3, -0.25) is 4.79 Å². The zero-order valence-electron chi connectivity index (χ0n) is 12.5. The molecule has 0 aliphatic carbocycles. The number of nitrogens with zero attached hydrogens (tertiary/aromatic N) is 2. The number of halogens is 3. The molecule has 10 heteroatoms. The molecule has 130 valence electrons. The highest BCUT2D eigenvalue weighted by atomic mass is 32.1. The predicted molar refractivity (Wildman–Crippen MR) is 83.4 cm³/mol. The minimum absolute atomic E-state index is 0.0858. The average Bonchev–Trinajstić information content (AvgIpc) is 3.10. The number of fused-ring (bicyclic) bond motifs is 1. The summed E-state index contributed by atoms with van der Waals surface area (Å²) >= 11 is 0.868. The molecule has 0 aliphatic rings. The van der Waals surface area contributed by atoms with Crippen LogP contribution in [-0.2, 0) is 6.18 Å². The number of alkyl halides is 3. The number of thiophene rings is 1. The summed E-state index contributed by atoms with van der Waals surface area (Å²) in [5, 5.41) is 13.8.